The maximum Gasteiger partial charge on any atom is 0.219 e. The molecule has 5 heteroatoms. The quantitative estimate of drug-likeness (QED) is 0.169. The monoisotopic (exact) mass is 534 g/mol. The molecule has 2 heterocycles. The van der Waals surface area contributed by atoms with Crippen LogP contribution in [0.5, 0.6) is 0 Å². The van der Waals surface area contributed by atoms with Gasteiger partial charge in [-0.25, -0.2) is 13.3 Å². The molecule has 0 radical (unpaired) electrons. The summed E-state index contributed by atoms with van der Waals surface area (Å²) in [6.45, 7) is 8.39. The Morgan fingerprint density at radius 2 is 1.28 bits per heavy atom. The number of aryl methyl sites for hydroxylation is 3. The molecule has 4 aromatic carbocycles. The van der Waals surface area contributed by atoms with E-state index >= 15 is 4.39 Å². The molecule has 0 aliphatic heterocycles. The summed E-state index contributed by atoms with van der Waals surface area (Å²) < 4.78 is 38.6. The maximum absolute atomic E-state index is 15.5. The molecule has 39 heavy (non-hydrogen) atoms. The van der Waals surface area contributed by atoms with E-state index in [1.807, 2.05) is 48.9 Å². The molecular formula is C34H30F2NOSi+. The lowest BCUT2D eigenvalue weighted by Crippen LogP contribution is -2.52. The first-order valence-electron chi connectivity index (χ1n) is 13.1. The number of benzene rings is 4. The topological polar surface area (TPSA) is 17.0 Å². The molecule has 2 aromatic heterocycles. The van der Waals surface area contributed by atoms with E-state index < -0.39 is 8.07 Å². The smallest absolute Gasteiger partial charge is 0.219 e. The highest BCUT2D eigenvalue weighted by Gasteiger charge is 2.27. The molecule has 0 atom stereocenters. The van der Waals surface area contributed by atoms with Crippen molar-refractivity contribution in [1.82, 2.24) is 0 Å². The molecule has 0 aliphatic rings. The van der Waals surface area contributed by atoms with Gasteiger partial charge in [0.1, 0.15) is 37.9 Å². The van der Waals surface area contributed by atoms with Gasteiger partial charge >= 0.3 is 0 Å². The van der Waals surface area contributed by atoms with Crippen LogP contribution in [-0.4, -0.2) is 8.07 Å². The van der Waals surface area contributed by atoms with E-state index in [2.05, 4.69) is 49.5 Å². The van der Waals surface area contributed by atoms with Crippen LogP contribution < -0.4 is 14.9 Å². The van der Waals surface area contributed by atoms with Gasteiger partial charge in [0.05, 0.1) is 11.1 Å². The van der Waals surface area contributed by atoms with Crippen LogP contribution in [0.4, 0.5) is 8.78 Å². The van der Waals surface area contributed by atoms with Crippen LogP contribution in [-0.2, 0) is 7.05 Å². The van der Waals surface area contributed by atoms with Gasteiger partial charge in [-0.15, -0.1) is 0 Å². The fraction of sp³-hybridized carbons (Fsp3) is 0.147. The number of nitrogens with zero attached hydrogens (tertiary/aromatic N) is 1. The minimum atomic E-state index is -1.89. The Hall–Kier alpha value is -4.09. The van der Waals surface area contributed by atoms with Crippen molar-refractivity contribution in [3.8, 4) is 22.4 Å². The number of rotatable bonds is 4. The number of aromatic nitrogens is 1. The molecule has 0 fully saturated rings. The highest BCUT2D eigenvalue weighted by molar-refractivity contribution is 7.00. The molecule has 0 amide bonds. The lowest BCUT2D eigenvalue weighted by Gasteiger charge is -2.24. The summed E-state index contributed by atoms with van der Waals surface area (Å²) in [4.78, 5) is 0. The molecule has 0 bridgehead atoms. The van der Waals surface area contributed by atoms with Gasteiger partial charge in [0.2, 0.25) is 5.69 Å². The summed E-state index contributed by atoms with van der Waals surface area (Å²) >= 11 is 0. The van der Waals surface area contributed by atoms with Crippen molar-refractivity contribution in [1.29, 1.82) is 0 Å². The lowest BCUT2D eigenvalue weighted by atomic mass is 9.98. The summed E-state index contributed by atoms with van der Waals surface area (Å²) in [5.74, 6) is -0.608. The summed E-state index contributed by atoms with van der Waals surface area (Å²) in [5.41, 5.74) is 5.38. The summed E-state index contributed by atoms with van der Waals surface area (Å²) in [5, 5.41) is 4.34. The number of hydrogen-bond acceptors (Lipinski definition) is 1. The molecular weight excluding hydrogens is 504 g/mol. The highest BCUT2D eigenvalue weighted by Crippen LogP contribution is 2.41. The van der Waals surface area contributed by atoms with E-state index in [0.717, 1.165) is 27.5 Å². The molecule has 2 nitrogen and oxygen atoms in total. The molecule has 0 saturated carbocycles. The Balaban J connectivity index is 1.54. The largest absolute Gasteiger partial charge is 0.454 e. The first-order valence-corrected chi connectivity index (χ1v) is 16.1. The molecule has 0 spiro atoms. The Labute approximate surface area is 228 Å². The summed E-state index contributed by atoms with van der Waals surface area (Å²) in [6, 6.07) is 27.7. The van der Waals surface area contributed by atoms with Gasteiger partial charge in [0.15, 0.2) is 6.20 Å². The molecule has 0 unspecified atom stereocenters. The minimum absolute atomic E-state index is 0.274. The van der Waals surface area contributed by atoms with Gasteiger partial charge in [0.25, 0.3) is 0 Å². The van der Waals surface area contributed by atoms with Crippen LogP contribution in [0.3, 0.4) is 0 Å². The SMILES string of the molecule is Cc1c[n+](C)c(-c2c(C)ccc3c2oc2c(-c4ccc([Si](C)(C)c5ccccc5)cc4)c(F)ccc23)cc1F. The van der Waals surface area contributed by atoms with Crippen LogP contribution in [0.1, 0.15) is 11.1 Å². The number of hydrogen-bond donors (Lipinski definition) is 0. The van der Waals surface area contributed by atoms with Gasteiger partial charge in [-0.05, 0) is 37.1 Å². The Kier molecular flexibility index (Phi) is 6.00. The number of pyridine rings is 1. The van der Waals surface area contributed by atoms with E-state index in [4.69, 9.17) is 4.42 Å². The molecule has 6 aromatic rings. The van der Waals surface area contributed by atoms with Crippen LogP contribution in [0.25, 0.3) is 44.3 Å². The van der Waals surface area contributed by atoms with Crippen molar-refractivity contribution in [3.63, 3.8) is 0 Å². The van der Waals surface area contributed by atoms with Crippen molar-refractivity contribution in [3.05, 3.63) is 114 Å². The molecule has 6 rings (SSSR count). The van der Waals surface area contributed by atoms with Crippen molar-refractivity contribution < 1.29 is 17.8 Å². The third-order valence-corrected chi connectivity index (χ3v) is 11.6. The van der Waals surface area contributed by atoms with Gasteiger partial charge < -0.3 is 4.42 Å². The van der Waals surface area contributed by atoms with Gasteiger partial charge in [0, 0.05) is 22.4 Å². The van der Waals surface area contributed by atoms with Crippen LogP contribution >= 0.6 is 0 Å². The van der Waals surface area contributed by atoms with Gasteiger partial charge in [-0.1, -0.05) is 90.2 Å². The second-order valence-electron chi connectivity index (χ2n) is 10.9. The number of fused-ring (bicyclic) bond motifs is 3. The fourth-order valence-corrected chi connectivity index (χ4v) is 8.01. The average molecular weight is 535 g/mol. The van der Waals surface area contributed by atoms with Crippen molar-refractivity contribution in [2.75, 3.05) is 0 Å². The zero-order valence-electron chi connectivity index (χ0n) is 22.8. The maximum atomic E-state index is 15.5. The van der Waals surface area contributed by atoms with Crippen LogP contribution in [0.15, 0.2) is 95.5 Å². The fourth-order valence-electron chi connectivity index (χ4n) is 5.65. The third-order valence-electron chi connectivity index (χ3n) is 8.02. The van der Waals surface area contributed by atoms with Crippen molar-refractivity contribution in [2.24, 2.45) is 7.05 Å². The summed E-state index contributed by atoms with van der Waals surface area (Å²) in [7, 11) is 0.00976. The van der Waals surface area contributed by atoms with E-state index in [1.165, 1.54) is 16.4 Å². The first-order chi connectivity index (χ1) is 18.7. The normalized spacial score (nSPS) is 12.0. The first kappa shape index (κ1) is 25.2. The third kappa shape index (κ3) is 4.09. The number of halogens is 2. The highest BCUT2D eigenvalue weighted by atomic mass is 28.3. The predicted molar refractivity (Wildman–Crippen MR) is 158 cm³/mol. The number of furan rings is 1. The van der Waals surface area contributed by atoms with E-state index in [1.54, 1.807) is 25.3 Å². The lowest BCUT2D eigenvalue weighted by molar-refractivity contribution is -0.661. The second-order valence-corrected chi connectivity index (χ2v) is 15.3. The van der Waals surface area contributed by atoms with Crippen molar-refractivity contribution >= 4 is 40.4 Å². The standard InChI is InChI=1S/C34H30F2NOSi/c1-21-11-16-26-27-17-18-28(35)32(23-12-14-25(15-13-23)39(4,5)24-9-7-6-8-10-24)34(27)38-33(26)31(21)30-19-29(36)22(2)20-37(30)3/h6-20H,1-5H3/q+1. The zero-order valence-corrected chi connectivity index (χ0v) is 23.8. The molecule has 0 aliphatic carbocycles. The predicted octanol–water partition coefficient (Wildman–Crippen LogP) is 7.46. The van der Waals surface area contributed by atoms with Gasteiger partial charge in [-0.3, -0.25) is 0 Å². The van der Waals surface area contributed by atoms with Gasteiger partial charge in [-0.2, -0.15) is 0 Å². The van der Waals surface area contributed by atoms with Crippen LogP contribution in [0.2, 0.25) is 13.1 Å². The Bertz CT molecular complexity index is 1870. The Morgan fingerprint density at radius 1 is 0.667 bits per heavy atom. The molecule has 0 saturated heterocycles. The summed E-state index contributed by atoms with van der Waals surface area (Å²) in [6.07, 6.45) is 1.78. The van der Waals surface area contributed by atoms with E-state index in [9.17, 15) is 4.39 Å². The van der Waals surface area contributed by atoms with E-state index in [0.29, 0.717) is 28.0 Å². The molecule has 194 valence electrons. The molecule has 0 N–H and O–H groups in total. The second kappa shape index (κ2) is 9.28. The minimum Gasteiger partial charge on any atom is -0.454 e. The van der Waals surface area contributed by atoms with Crippen molar-refractivity contribution in [2.45, 2.75) is 26.9 Å². The van der Waals surface area contributed by atoms with Crippen LogP contribution in [0, 0.1) is 25.5 Å². The Morgan fingerprint density at radius 3 is 1.97 bits per heavy atom. The average Bonchev–Trinajstić information content (AvgIpc) is 3.30. The zero-order chi connectivity index (χ0) is 27.5. The van der Waals surface area contributed by atoms with E-state index in [-0.39, 0.29) is 11.6 Å².